The molecule has 4 atom stereocenters. The molecule has 0 aromatic heterocycles. The fraction of sp³-hybridized carbons (Fsp3) is 0.400. The van der Waals surface area contributed by atoms with E-state index in [0.29, 0.717) is 0 Å². The van der Waals surface area contributed by atoms with E-state index in [0.717, 1.165) is 41.5 Å². The Bertz CT molecular complexity index is 1020. The van der Waals surface area contributed by atoms with Crippen LogP contribution in [-0.2, 0) is 14.3 Å². The molecule has 2 saturated carbocycles. The quantitative estimate of drug-likeness (QED) is 0.648. The Labute approximate surface area is 186 Å². The van der Waals surface area contributed by atoms with Crippen molar-refractivity contribution in [2.45, 2.75) is 31.2 Å². The van der Waals surface area contributed by atoms with E-state index in [2.05, 4.69) is 22.8 Å². The highest BCUT2D eigenvalue weighted by atomic mass is 16.5. The number of fused-ring (bicyclic) bond motifs is 5. The van der Waals surface area contributed by atoms with E-state index in [9.17, 15) is 19.5 Å². The third-order valence-electron chi connectivity index (χ3n) is 7.27. The molecular weight excluding hydrogens is 408 g/mol. The standard InChI is InChI=1S/C25H26N2O5/c28-21(27-23-15-10-9-14(11-15)22(23)24(29)30)12-26-25(31)32-13-20-18-7-3-1-5-16(18)17-6-2-4-8-19(17)20/h1-8,14-15,20,22-23H,9-13H2,(H,26,31)(H,27,28)(H,29,30). The number of carboxylic acids is 1. The predicted octanol–water partition coefficient (Wildman–Crippen LogP) is 3.14. The fourth-order valence-electron chi connectivity index (χ4n) is 5.89. The van der Waals surface area contributed by atoms with Crippen molar-refractivity contribution in [2.75, 3.05) is 13.2 Å². The van der Waals surface area contributed by atoms with Gasteiger partial charge in [-0.05, 0) is 53.4 Å². The molecule has 5 rings (SSSR count). The molecule has 2 amide bonds. The van der Waals surface area contributed by atoms with Crippen LogP contribution in [0.2, 0.25) is 0 Å². The number of nitrogens with one attached hydrogen (secondary N) is 2. The molecule has 0 heterocycles. The summed E-state index contributed by atoms with van der Waals surface area (Å²) >= 11 is 0. The minimum absolute atomic E-state index is 0.0488. The molecular formula is C25H26N2O5. The first-order valence-electron chi connectivity index (χ1n) is 11.1. The van der Waals surface area contributed by atoms with Gasteiger partial charge in [0, 0.05) is 12.0 Å². The fourth-order valence-corrected chi connectivity index (χ4v) is 5.89. The maximum absolute atomic E-state index is 12.4. The van der Waals surface area contributed by atoms with Gasteiger partial charge in [0.1, 0.15) is 13.2 Å². The van der Waals surface area contributed by atoms with E-state index in [1.54, 1.807) is 0 Å². The Morgan fingerprint density at radius 1 is 0.938 bits per heavy atom. The summed E-state index contributed by atoms with van der Waals surface area (Å²) in [5, 5.41) is 14.8. The molecule has 0 saturated heterocycles. The second-order valence-corrected chi connectivity index (χ2v) is 8.97. The number of hydrogen-bond donors (Lipinski definition) is 3. The average molecular weight is 434 g/mol. The summed E-state index contributed by atoms with van der Waals surface area (Å²) in [6.07, 6.45) is 2.04. The molecule has 0 spiro atoms. The maximum atomic E-state index is 12.4. The molecule has 2 aromatic rings. The summed E-state index contributed by atoms with van der Waals surface area (Å²) in [4.78, 5) is 36.2. The van der Waals surface area contributed by atoms with E-state index < -0.39 is 18.0 Å². The minimum Gasteiger partial charge on any atom is -0.481 e. The van der Waals surface area contributed by atoms with Crippen LogP contribution in [-0.4, -0.2) is 42.3 Å². The largest absolute Gasteiger partial charge is 0.481 e. The second kappa shape index (κ2) is 8.30. The van der Waals surface area contributed by atoms with Gasteiger partial charge in [-0.15, -0.1) is 0 Å². The molecule has 3 N–H and O–H groups in total. The molecule has 2 bridgehead atoms. The zero-order valence-corrected chi connectivity index (χ0v) is 17.6. The van der Waals surface area contributed by atoms with Crippen molar-refractivity contribution in [1.29, 1.82) is 0 Å². The Kier molecular flexibility index (Phi) is 5.33. The van der Waals surface area contributed by atoms with Gasteiger partial charge in [-0.3, -0.25) is 9.59 Å². The lowest BCUT2D eigenvalue weighted by atomic mass is 9.84. The van der Waals surface area contributed by atoms with Crippen LogP contribution in [0.1, 0.15) is 36.3 Å². The highest BCUT2D eigenvalue weighted by Gasteiger charge is 2.51. The second-order valence-electron chi connectivity index (χ2n) is 8.97. The SMILES string of the molecule is O=C(CNC(=O)OCC1c2ccccc2-c2ccccc21)NC1C2CCC(C2)C1C(=O)O. The van der Waals surface area contributed by atoms with Crippen LogP contribution in [0.3, 0.4) is 0 Å². The molecule has 32 heavy (non-hydrogen) atoms. The molecule has 0 radical (unpaired) electrons. The van der Waals surface area contributed by atoms with E-state index >= 15 is 0 Å². The summed E-state index contributed by atoms with van der Waals surface area (Å²) in [5.74, 6) is -1.48. The van der Waals surface area contributed by atoms with Crippen molar-refractivity contribution in [3.05, 3.63) is 59.7 Å². The first-order valence-corrected chi connectivity index (χ1v) is 11.1. The summed E-state index contributed by atoms with van der Waals surface area (Å²) < 4.78 is 5.44. The number of benzene rings is 2. The summed E-state index contributed by atoms with van der Waals surface area (Å²) in [6, 6.07) is 15.8. The van der Waals surface area contributed by atoms with Crippen LogP contribution < -0.4 is 10.6 Å². The Hall–Kier alpha value is -3.35. The smallest absolute Gasteiger partial charge is 0.407 e. The minimum atomic E-state index is -0.855. The number of alkyl carbamates (subject to hydrolysis) is 1. The topological polar surface area (TPSA) is 105 Å². The van der Waals surface area contributed by atoms with E-state index in [-0.39, 0.29) is 42.9 Å². The number of aliphatic carboxylic acids is 1. The van der Waals surface area contributed by atoms with E-state index in [1.807, 2.05) is 36.4 Å². The highest BCUT2D eigenvalue weighted by molar-refractivity contribution is 5.83. The number of hydrogen-bond acceptors (Lipinski definition) is 4. The molecule has 3 aliphatic rings. The summed E-state index contributed by atoms with van der Waals surface area (Å²) in [7, 11) is 0. The van der Waals surface area contributed by atoms with Gasteiger partial charge in [-0.1, -0.05) is 48.5 Å². The monoisotopic (exact) mass is 434 g/mol. The van der Waals surface area contributed by atoms with Gasteiger partial charge >= 0.3 is 12.1 Å². The van der Waals surface area contributed by atoms with E-state index in [4.69, 9.17) is 4.74 Å². The van der Waals surface area contributed by atoms with Gasteiger partial charge in [-0.2, -0.15) is 0 Å². The first kappa shape index (κ1) is 20.5. The lowest BCUT2D eigenvalue weighted by Gasteiger charge is -2.28. The third-order valence-corrected chi connectivity index (χ3v) is 7.27. The highest BCUT2D eigenvalue weighted by Crippen LogP contribution is 2.48. The molecule has 7 heteroatoms. The number of amides is 2. The van der Waals surface area contributed by atoms with Gasteiger partial charge in [0.15, 0.2) is 0 Å². The van der Waals surface area contributed by atoms with Crippen LogP contribution in [0.5, 0.6) is 0 Å². The van der Waals surface area contributed by atoms with Gasteiger partial charge in [-0.25, -0.2) is 4.79 Å². The number of ether oxygens (including phenoxy) is 1. The lowest BCUT2D eigenvalue weighted by Crippen LogP contribution is -2.49. The average Bonchev–Trinajstić information content (AvgIpc) is 3.48. The van der Waals surface area contributed by atoms with Crippen molar-refractivity contribution in [3.63, 3.8) is 0 Å². The molecule has 3 aliphatic carbocycles. The van der Waals surface area contributed by atoms with Gasteiger partial charge in [0.25, 0.3) is 0 Å². The first-order chi connectivity index (χ1) is 15.5. The molecule has 2 aromatic carbocycles. The Morgan fingerprint density at radius 2 is 1.56 bits per heavy atom. The number of carbonyl (C=O) groups excluding carboxylic acids is 2. The molecule has 2 fully saturated rings. The van der Waals surface area contributed by atoms with Crippen LogP contribution >= 0.6 is 0 Å². The van der Waals surface area contributed by atoms with Crippen LogP contribution in [0.15, 0.2) is 48.5 Å². The zero-order valence-electron chi connectivity index (χ0n) is 17.6. The molecule has 4 unspecified atom stereocenters. The normalized spacial score (nSPS) is 25.1. The van der Waals surface area contributed by atoms with Crippen molar-refractivity contribution >= 4 is 18.0 Å². The Morgan fingerprint density at radius 3 is 2.22 bits per heavy atom. The number of rotatable bonds is 6. The van der Waals surface area contributed by atoms with Crippen LogP contribution in [0, 0.1) is 17.8 Å². The van der Waals surface area contributed by atoms with Crippen LogP contribution in [0.4, 0.5) is 4.79 Å². The maximum Gasteiger partial charge on any atom is 0.407 e. The van der Waals surface area contributed by atoms with Crippen molar-refractivity contribution in [1.82, 2.24) is 10.6 Å². The molecule has 7 nitrogen and oxygen atoms in total. The summed E-state index contributed by atoms with van der Waals surface area (Å²) in [6.45, 7) is -0.0636. The Balaban J connectivity index is 1.15. The van der Waals surface area contributed by atoms with Crippen molar-refractivity contribution in [3.8, 4) is 11.1 Å². The number of carbonyl (C=O) groups is 3. The number of carboxylic acid groups (broad SMARTS) is 1. The van der Waals surface area contributed by atoms with Crippen molar-refractivity contribution in [2.24, 2.45) is 17.8 Å². The van der Waals surface area contributed by atoms with Crippen LogP contribution in [0.25, 0.3) is 11.1 Å². The molecule has 166 valence electrons. The summed E-state index contributed by atoms with van der Waals surface area (Å²) in [5.41, 5.74) is 4.54. The van der Waals surface area contributed by atoms with E-state index in [1.165, 1.54) is 0 Å². The van der Waals surface area contributed by atoms with Crippen molar-refractivity contribution < 1.29 is 24.2 Å². The molecule has 0 aliphatic heterocycles. The van der Waals surface area contributed by atoms with Gasteiger partial charge in [0.05, 0.1) is 5.92 Å². The lowest BCUT2D eigenvalue weighted by molar-refractivity contribution is -0.144. The zero-order chi connectivity index (χ0) is 22.2. The predicted molar refractivity (Wildman–Crippen MR) is 117 cm³/mol. The third kappa shape index (κ3) is 3.61. The van der Waals surface area contributed by atoms with Gasteiger partial charge < -0.3 is 20.5 Å². The van der Waals surface area contributed by atoms with Gasteiger partial charge in [0.2, 0.25) is 5.91 Å².